The molecule has 8 nitrogen and oxygen atoms in total. The lowest BCUT2D eigenvalue weighted by atomic mass is 10.5. The molecule has 1 rings (SSSR count). The number of rotatable bonds is 6. The van der Waals surface area contributed by atoms with E-state index in [1.807, 2.05) is 6.92 Å². The molecule has 0 unspecified atom stereocenters. The summed E-state index contributed by atoms with van der Waals surface area (Å²) in [5.41, 5.74) is 0. The molecule has 0 aliphatic heterocycles. The molecular weight excluding hydrogens is 224 g/mol. The van der Waals surface area contributed by atoms with Gasteiger partial charge in [-0.2, -0.15) is 15.0 Å². The summed E-state index contributed by atoms with van der Waals surface area (Å²) in [5.74, 6) is 0.528. The first-order valence-electron chi connectivity index (χ1n) is 5.18. The summed E-state index contributed by atoms with van der Waals surface area (Å²) in [5, 5.41) is 8.21. The second kappa shape index (κ2) is 6.46. The number of nitrogens with zero attached hydrogens (tertiary/aromatic N) is 3. The topological polar surface area (TPSA) is 101 Å². The fourth-order valence-corrected chi connectivity index (χ4v) is 1.06. The van der Waals surface area contributed by atoms with E-state index in [-0.39, 0.29) is 24.4 Å². The smallest absolute Gasteiger partial charge is 0.322 e. The van der Waals surface area contributed by atoms with Crippen molar-refractivity contribution in [2.24, 2.45) is 0 Å². The Kier molecular flexibility index (Phi) is 4.92. The Bertz CT molecular complexity index is 361. The van der Waals surface area contributed by atoms with Gasteiger partial charge in [0.25, 0.3) is 0 Å². The van der Waals surface area contributed by atoms with Crippen LogP contribution in [0.1, 0.15) is 6.92 Å². The molecule has 1 aromatic rings. The molecule has 0 saturated carbocycles. The van der Waals surface area contributed by atoms with Gasteiger partial charge < -0.3 is 20.7 Å². The minimum atomic E-state index is -0.127. The molecular formula is C9H16N6O2. The van der Waals surface area contributed by atoms with E-state index in [1.165, 1.54) is 7.11 Å². The molecule has 0 bridgehead atoms. The summed E-state index contributed by atoms with van der Waals surface area (Å²) in [6, 6.07) is 0.183. The van der Waals surface area contributed by atoms with Crippen molar-refractivity contribution in [3.05, 3.63) is 0 Å². The molecule has 0 radical (unpaired) electrons. The molecule has 8 heteroatoms. The van der Waals surface area contributed by atoms with Gasteiger partial charge in [-0.3, -0.25) is 4.79 Å². The van der Waals surface area contributed by atoms with Crippen LogP contribution in [0.2, 0.25) is 0 Å². The number of carbonyl (C=O) groups excluding carboxylic acids is 1. The number of hydrogen-bond acceptors (Lipinski definition) is 7. The zero-order valence-corrected chi connectivity index (χ0v) is 10.1. The van der Waals surface area contributed by atoms with Crippen LogP contribution < -0.4 is 20.7 Å². The summed E-state index contributed by atoms with van der Waals surface area (Å²) in [6.45, 7) is 2.54. The van der Waals surface area contributed by atoms with E-state index in [0.717, 1.165) is 0 Å². The van der Waals surface area contributed by atoms with Crippen molar-refractivity contribution in [1.29, 1.82) is 0 Å². The Morgan fingerprint density at radius 1 is 1.29 bits per heavy atom. The summed E-state index contributed by atoms with van der Waals surface area (Å²) in [7, 11) is 3.14. The fraction of sp³-hybridized carbons (Fsp3) is 0.556. The maximum absolute atomic E-state index is 11.2. The highest BCUT2D eigenvalue weighted by atomic mass is 16.5. The zero-order chi connectivity index (χ0) is 12.7. The second-order valence-electron chi connectivity index (χ2n) is 3.03. The van der Waals surface area contributed by atoms with Crippen LogP contribution in [0, 0.1) is 0 Å². The Labute approximate surface area is 99.2 Å². The molecule has 0 spiro atoms. The minimum Gasteiger partial charge on any atom is -0.467 e. The number of likely N-dealkylation sites (N-methyl/N-ethyl adjacent to an activating group) is 1. The Balaban J connectivity index is 2.66. The van der Waals surface area contributed by atoms with E-state index in [2.05, 4.69) is 30.9 Å². The Morgan fingerprint density at radius 2 is 2.00 bits per heavy atom. The monoisotopic (exact) mass is 240 g/mol. The molecule has 0 aromatic carbocycles. The number of hydrogen-bond donors (Lipinski definition) is 3. The molecule has 3 N–H and O–H groups in total. The molecule has 94 valence electrons. The van der Waals surface area contributed by atoms with Crippen LogP contribution in [0.5, 0.6) is 6.01 Å². The highest BCUT2D eigenvalue weighted by molar-refractivity contribution is 5.80. The first-order valence-corrected chi connectivity index (χ1v) is 5.18. The highest BCUT2D eigenvalue weighted by Gasteiger charge is 2.06. The minimum absolute atomic E-state index is 0.101. The maximum atomic E-state index is 11.2. The summed E-state index contributed by atoms with van der Waals surface area (Å²) in [4.78, 5) is 23.2. The maximum Gasteiger partial charge on any atom is 0.322 e. The first-order chi connectivity index (χ1) is 8.19. The predicted molar refractivity (Wildman–Crippen MR) is 63.1 cm³/mol. The third kappa shape index (κ3) is 4.09. The summed E-state index contributed by atoms with van der Waals surface area (Å²) < 4.78 is 4.91. The van der Waals surface area contributed by atoms with Crippen LogP contribution in [0.25, 0.3) is 0 Å². The molecule has 0 aliphatic carbocycles. The van der Waals surface area contributed by atoms with Crippen LogP contribution in [0.4, 0.5) is 11.9 Å². The van der Waals surface area contributed by atoms with Crippen molar-refractivity contribution >= 4 is 17.8 Å². The van der Waals surface area contributed by atoms with Gasteiger partial charge in [0.1, 0.15) is 0 Å². The SMILES string of the molecule is CCNC(=O)CNc1nc(NC)nc(OC)n1. The van der Waals surface area contributed by atoms with E-state index < -0.39 is 0 Å². The second-order valence-corrected chi connectivity index (χ2v) is 3.03. The highest BCUT2D eigenvalue weighted by Crippen LogP contribution is 2.09. The fourth-order valence-electron chi connectivity index (χ4n) is 1.06. The molecule has 0 atom stereocenters. The first kappa shape index (κ1) is 12.9. The molecule has 0 saturated heterocycles. The van der Waals surface area contributed by atoms with E-state index in [1.54, 1.807) is 7.05 Å². The average molecular weight is 240 g/mol. The molecule has 1 heterocycles. The predicted octanol–water partition coefficient (Wildman–Crippen LogP) is -0.530. The van der Waals surface area contributed by atoms with Crippen LogP contribution >= 0.6 is 0 Å². The average Bonchev–Trinajstić information content (AvgIpc) is 2.36. The lowest BCUT2D eigenvalue weighted by molar-refractivity contribution is -0.119. The van der Waals surface area contributed by atoms with Gasteiger partial charge in [-0.1, -0.05) is 0 Å². The van der Waals surface area contributed by atoms with Gasteiger partial charge in [0.2, 0.25) is 17.8 Å². The quantitative estimate of drug-likeness (QED) is 0.614. The van der Waals surface area contributed by atoms with Crippen molar-refractivity contribution < 1.29 is 9.53 Å². The van der Waals surface area contributed by atoms with E-state index in [4.69, 9.17) is 4.74 Å². The van der Waals surface area contributed by atoms with Gasteiger partial charge in [0.15, 0.2) is 0 Å². The number of amides is 1. The van der Waals surface area contributed by atoms with E-state index in [0.29, 0.717) is 12.5 Å². The molecule has 17 heavy (non-hydrogen) atoms. The van der Waals surface area contributed by atoms with E-state index in [9.17, 15) is 4.79 Å². The lowest BCUT2D eigenvalue weighted by Gasteiger charge is -2.07. The third-order valence-corrected chi connectivity index (χ3v) is 1.80. The number of carbonyl (C=O) groups is 1. The van der Waals surface area contributed by atoms with Crippen LogP contribution in [0.3, 0.4) is 0 Å². The number of methoxy groups -OCH3 is 1. The van der Waals surface area contributed by atoms with Crippen molar-refractivity contribution in [3.8, 4) is 6.01 Å². The van der Waals surface area contributed by atoms with E-state index >= 15 is 0 Å². The van der Waals surface area contributed by atoms with Crippen LogP contribution in [-0.2, 0) is 4.79 Å². The zero-order valence-electron chi connectivity index (χ0n) is 10.1. The number of ether oxygens (including phenoxy) is 1. The Morgan fingerprint density at radius 3 is 2.59 bits per heavy atom. The van der Waals surface area contributed by atoms with Crippen molar-refractivity contribution in [2.45, 2.75) is 6.92 Å². The van der Waals surface area contributed by atoms with Gasteiger partial charge in [0, 0.05) is 13.6 Å². The number of aromatic nitrogens is 3. The van der Waals surface area contributed by atoms with Crippen molar-refractivity contribution in [1.82, 2.24) is 20.3 Å². The van der Waals surface area contributed by atoms with Gasteiger partial charge in [-0.05, 0) is 6.92 Å². The molecule has 0 aliphatic rings. The largest absolute Gasteiger partial charge is 0.467 e. The third-order valence-electron chi connectivity index (χ3n) is 1.80. The van der Waals surface area contributed by atoms with Gasteiger partial charge in [-0.25, -0.2) is 0 Å². The lowest BCUT2D eigenvalue weighted by Crippen LogP contribution is -2.30. The number of anilines is 2. The van der Waals surface area contributed by atoms with Crippen molar-refractivity contribution in [3.63, 3.8) is 0 Å². The van der Waals surface area contributed by atoms with Gasteiger partial charge >= 0.3 is 6.01 Å². The van der Waals surface area contributed by atoms with Crippen LogP contribution in [0.15, 0.2) is 0 Å². The standard InChI is InChI=1S/C9H16N6O2/c1-4-11-6(16)5-12-8-13-7(10-2)14-9(15-8)17-3/h4-5H2,1-3H3,(H,11,16)(H2,10,12,13,14,15). The summed E-state index contributed by atoms with van der Waals surface area (Å²) >= 11 is 0. The number of nitrogens with one attached hydrogen (secondary N) is 3. The van der Waals surface area contributed by atoms with Crippen molar-refractivity contribution in [2.75, 3.05) is 37.9 Å². The van der Waals surface area contributed by atoms with Crippen LogP contribution in [-0.4, -0.2) is 48.1 Å². The molecule has 1 aromatic heterocycles. The Hall–Kier alpha value is -2.12. The van der Waals surface area contributed by atoms with Gasteiger partial charge in [0.05, 0.1) is 13.7 Å². The molecule has 1 amide bonds. The normalized spacial score (nSPS) is 9.59. The summed E-state index contributed by atoms with van der Waals surface area (Å²) in [6.07, 6.45) is 0. The van der Waals surface area contributed by atoms with Gasteiger partial charge in [-0.15, -0.1) is 0 Å². The molecule has 0 fully saturated rings.